The topological polar surface area (TPSA) is 18.5 Å². The van der Waals surface area contributed by atoms with Crippen LogP contribution in [0.5, 0.6) is 0 Å². The van der Waals surface area contributed by atoms with Crippen LogP contribution in [-0.2, 0) is 8.54 Å². The first-order valence-electron chi connectivity index (χ1n) is 13.7. The van der Waals surface area contributed by atoms with Crippen LogP contribution in [-0.4, -0.2) is 32.1 Å². The Balaban J connectivity index is 1.86. The van der Waals surface area contributed by atoms with Crippen LogP contribution in [0.1, 0.15) is 0 Å². The molecule has 0 amide bonds. The van der Waals surface area contributed by atoms with E-state index in [-0.39, 0.29) is 0 Å². The first kappa shape index (κ1) is 28.0. The van der Waals surface area contributed by atoms with Crippen molar-refractivity contribution in [1.29, 1.82) is 0 Å². The predicted octanol–water partition coefficient (Wildman–Crippen LogP) is 4.92. The monoisotopic (exact) mass is 572 g/mol. The van der Waals surface area contributed by atoms with Crippen LogP contribution >= 0.6 is 0 Å². The number of rotatable bonds is 10. The maximum absolute atomic E-state index is 7.34. The third-order valence-corrected chi connectivity index (χ3v) is 19.5. The SMILES string of the molecule is CO[Si](C)(C)O[Si](C=C[Si](c1ccccc1)(c1ccccc1)c1ccccc1)(c1ccccc1)c1ccccc1. The second-order valence-electron chi connectivity index (χ2n) is 10.4. The van der Waals surface area contributed by atoms with Gasteiger partial charge in [0.05, 0.1) is 0 Å². The molecule has 0 heterocycles. The van der Waals surface area contributed by atoms with Gasteiger partial charge >= 0.3 is 8.56 Å². The molecule has 0 atom stereocenters. The Hall–Kier alpha value is -3.59. The van der Waals surface area contributed by atoms with Crippen LogP contribution < -0.4 is 25.9 Å². The second-order valence-corrected chi connectivity index (χ2v) is 21.1. The van der Waals surface area contributed by atoms with Gasteiger partial charge < -0.3 is 8.54 Å². The summed E-state index contributed by atoms with van der Waals surface area (Å²) in [5.41, 5.74) is 5.00. The van der Waals surface area contributed by atoms with Crippen molar-refractivity contribution in [3.05, 3.63) is 163 Å². The molecular formula is C35H36O2Si3. The molecule has 0 aliphatic heterocycles. The normalized spacial score (nSPS) is 12.5. The zero-order valence-electron chi connectivity index (χ0n) is 23.4. The van der Waals surface area contributed by atoms with Gasteiger partial charge in [0.15, 0.2) is 8.07 Å². The summed E-state index contributed by atoms with van der Waals surface area (Å²) in [5, 5.41) is 6.46. The van der Waals surface area contributed by atoms with Crippen LogP contribution in [0.25, 0.3) is 0 Å². The summed E-state index contributed by atoms with van der Waals surface area (Å²) >= 11 is 0. The van der Waals surface area contributed by atoms with Gasteiger partial charge in [-0.05, 0) is 39.0 Å². The molecule has 0 radical (unpaired) electrons. The lowest BCUT2D eigenvalue weighted by Crippen LogP contribution is -2.68. The maximum Gasteiger partial charge on any atom is 0.321 e. The van der Waals surface area contributed by atoms with Gasteiger partial charge in [0.2, 0.25) is 0 Å². The van der Waals surface area contributed by atoms with Crippen molar-refractivity contribution >= 4 is 50.9 Å². The van der Waals surface area contributed by atoms with Crippen molar-refractivity contribution in [2.75, 3.05) is 7.11 Å². The highest BCUT2D eigenvalue weighted by atomic mass is 28.4. The van der Waals surface area contributed by atoms with Gasteiger partial charge in [-0.2, -0.15) is 0 Å². The molecule has 2 nitrogen and oxygen atoms in total. The van der Waals surface area contributed by atoms with Gasteiger partial charge in [-0.3, -0.25) is 0 Å². The highest BCUT2D eigenvalue weighted by Crippen LogP contribution is 2.20. The second kappa shape index (κ2) is 12.3. The molecule has 0 aromatic heterocycles. The lowest BCUT2D eigenvalue weighted by Gasteiger charge is -2.38. The van der Waals surface area contributed by atoms with Crippen LogP contribution in [0.3, 0.4) is 0 Å². The van der Waals surface area contributed by atoms with Gasteiger partial charge in [0.1, 0.15) is 0 Å². The van der Waals surface area contributed by atoms with Crippen LogP contribution in [0.15, 0.2) is 163 Å². The van der Waals surface area contributed by atoms with Gasteiger partial charge in [-0.1, -0.05) is 163 Å². The molecule has 0 aliphatic rings. The molecule has 5 rings (SSSR count). The summed E-state index contributed by atoms with van der Waals surface area (Å²) in [5.74, 6) is 0. The average Bonchev–Trinajstić information content (AvgIpc) is 3.03. The molecule has 5 aromatic rings. The standard InChI is InChI=1S/C35H36O2Si3/c1-36-38(2,3)37-40(34-25-15-7-16-26-34,35-27-17-8-18-28-35)30-29-39(31-19-9-4-10-20-31,32-21-11-5-12-22-32)33-23-13-6-14-24-33/h4-30H,1-3H3. The minimum absolute atomic E-state index is 1.21. The van der Waals surface area contributed by atoms with Crippen molar-refractivity contribution in [3.63, 3.8) is 0 Å². The Morgan fingerprint density at radius 1 is 0.425 bits per heavy atom. The lowest BCUT2D eigenvalue weighted by molar-refractivity contribution is 0.316. The molecule has 0 unspecified atom stereocenters. The highest BCUT2D eigenvalue weighted by Gasteiger charge is 2.45. The minimum atomic E-state index is -2.92. The molecule has 0 saturated carbocycles. The van der Waals surface area contributed by atoms with E-state index in [0.717, 1.165) is 0 Å². The summed E-state index contributed by atoms with van der Waals surface area (Å²) in [6.45, 7) is 4.29. The smallest absolute Gasteiger partial charge is 0.321 e. The van der Waals surface area contributed by atoms with E-state index in [2.05, 4.69) is 176 Å². The maximum atomic E-state index is 7.34. The molecule has 0 N–H and O–H groups in total. The summed E-state index contributed by atoms with van der Waals surface area (Å²) in [4.78, 5) is 0. The minimum Gasteiger partial charge on any atom is -0.425 e. The number of hydrogen-bond donors (Lipinski definition) is 0. The molecule has 0 fully saturated rings. The van der Waals surface area contributed by atoms with Crippen molar-refractivity contribution in [1.82, 2.24) is 0 Å². The fourth-order valence-electron chi connectivity index (χ4n) is 5.45. The molecule has 0 saturated heterocycles. The van der Waals surface area contributed by atoms with Gasteiger partial charge in [0, 0.05) is 7.11 Å². The molecular weight excluding hydrogens is 537 g/mol. The molecule has 0 spiro atoms. The Labute approximate surface area is 242 Å². The van der Waals surface area contributed by atoms with Gasteiger partial charge in [-0.15, -0.1) is 0 Å². The summed E-state index contributed by atoms with van der Waals surface area (Å²) in [7, 11) is -6.26. The van der Waals surface area contributed by atoms with Crippen molar-refractivity contribution in [2.24, 2.45) is 0 Å². The van der Waals surface area contributed by atoms with Gasteiger partial charge in [0.25, 0.3) is 8.32 Å². The van der Waals surface area contributed by atoms with E-state index in [9.17, 15) is 0 Å². The van der Waals surface area contributed by atoms with E-state index in [4.69, 9.17) is 8.54 Å². The third kappa shape index (κ3) is 5.66. The highest BCUT2D eigenvalue weighted by molar-refractivity contribution is 7.16. The summed E-state index contributed by atoms with van der Waals surface area (Å²) in [6, 6.07) is 54.5. The Bertz CT molecular complexity index is 1370. The third-order valence-electron chi connectivity index (χ3n) is 7.56. The molecule has 0 bridgehead atoms. The quantitative estimate of drug-likeness (QED) is 0.175. The zero-order valence-corrected chi connectivity index (χ0v) is 26.4. The Morgan fingerprint density at radius 3 is 1.02 bits per heavy atom. The lowest BCUT2D eigenvalue weighted by atomic mass is 10.3. The predicted molar refractivity (Wildman–Crippen MR) is 177 cm³/mol. The van der Waals surface area contributed by atoms with E-state index >= 15 is 0 Å². The van der Waals surface area contributed by atoms with Crippen molar-refractivity contribution < 1.29 is 8.54 Å². The van der Waals surface area contributed by atoms with E-state index in [1.165, 1.54) is 25.9 Å². The van der Waals surface area contributed by atoms with Gasteiger partial charge in [-0.25, -0.2) is 0 Å². The first-order valence-corrected chi connectivity index (χ1v) is 20.6. The Kier molecular flexibility index (Phi) is 8.59. The van der Waals surface area contributed by atoms with E-state index in [1.54, 1.807) is 7.11 Å². The largest absolute Gasteiger partial charge is 0.425 e. The van der Waals surface area contributed by atoms with E-state index < -0.39 is 25.0 Å². The zero-order chi connectivity index (χ0) is 27.9. The molecule has 0 aliphatic carbocycles. The molecule has 5 heteroatoms. The summed E-state index contributed by atoms with van der Waals surface area (Å²) < 4.78 is 13.4. The molecule has 5 aromatic carbocycles. The fourth-order valence-corrected chi connectivity index (χ4v) is 17.9. The van der Waals surface area contributed by atoms with E-state index in [1.807, 2.05) is 0 Å². The van der Waals surface area contributed by atoms with Crippen LogP contribution in [0.2, 0.25) is 13.1 Å². The molecule has 40 heavy (non-hydrogen) atoms. The first-order chi connectivity index (χ1) is 19.5. The van der Waals surface area contributed by atoms with Crippen molar-refractivity contribution in [3.8, 4) is 0 Å². The molecule has 200 valence electrons. The number of hydrogen-bond acceptors (Lipinski definition) is 2. The van der Waals surface area contributed by atoms with E-state index in [0.29, 0.717) is 0 Å². The fraction of sp³-hybridized carbons (Fsp3) is 0.0857. The van der Waals surface area contributed by atoms with Crippen molar-refractivity contribution in [2.45, 2.75) is 13.1 Å². The van der Waals surface area contributed by atoms with Crippen LogP contribution in [0.4, 0.5) is 0 Å². The average molecular weight is 573 g/mol. The Morgan fingerprint density at radius 2 is 0.725 bits per heavy atom. The summed E-state index contributed by atoms with van der Waals surface area (Å²) in [6.07, 6.45) is 0. The number of benzene rings is 5. The van der Waals surface area contributed by atoms with Crippen LogP contribution in [0, 0.1) is 0 Å².